The van der Waals surface area contributed by atoms with Gasteiger partial charge in [-0.05, 0) is 19.3 Å². The second kappa shape index (κ2) is 11.0. The molecule has 0 rings (SSSR count). The third-order valence-corrected chi connectivity index (χ3v) is 4.82. The summed E-state index contributed by atoms with van der Waals surface area (Å²) in [7, 11) is 2.67. The number of hydrogen-bond acceptors (Lipinski definition) is 2. The molecule has 0 aromatic carbocycles. The fourth-order valence-corrected chi connectivity index (χ4v) is 3.39. The van der Waals surface area contributed by atoms with Crippen molar-refractivity contribution in [3.05, 3.63) is 0 Å². The summed E-state index contributed by atoms with van der Waals surface area (Å²) in [5.41, 5.74) is 0.00215. The molecule has 0 aliphatic heterocycles. The van der Waals surface area contributed by atoms with Crippen LogP contribution in [0.4, 0.5) is 0 Å². The van der Waals surface area contributed by atoms with Crippen LogP contribution in [0, 0.1) is 0 Å². The van der Waals surface area contributed by atoms with Crippen LogP contribution < -0.4 is 0 Å². The largest absolute Gasteiger partial charge is 0.420 e. The van der Waals surface area contributed by atoms with Crippen molar-refractivity contribution in [3.8, 4) is 0 Å². The zero-order valence-electron chi connectivity index (χ0n) is 13.3. The van der Waals surface area contributed by atoms with Gasteiger partial charge in [-0.2, -0.15) is 0 Å². The van der Waals surface area contributed by atoms with Crippen LogP contribution in [0.3, 0.4) is 0 Å². The van der Waals surface area contributed by atoms with Crippen LogP contribution in [0.1, 0.15) is 78.6 Å². The summed E-state index contributed by atoms with van der Waals surface area (Å²) in [6.07, 6.45) is 11.2. The molecule has 3 heteroatoms. The van der Waals surface area contributed by atoms with Gasteiger partial charge >= 0.3 is 0 Å². The first kappa shape index (κ1) is 18.1. The third-order valence-electron chi connectivity index (χ3n) is 4.00. The van der Waals surface area contributed by atoms with Gasteiger partial charge in [0.2, 0.25) is 0 Å². The molecule has 0 radical (unpaired) electrons. The van der Waals surface area contributed by atoms with Crippen molar-refractivity contribution >= 4 is 10.5 Å². The molecule has 18 heavy (non-hydrogen) atoms. The first-order valence-electron chi connectivity index (χ1n) is 7.78. The maximum atomic E-state index is 6.11. The number of ether oxygens (including phenoxy) is 1. The van der Waals surface area contributed by atoms with Crippen LogP contribution in [0.2, 0.25) is 0 Å². The van der Waals surface area contributed by atoms with Crippen molar-refractivity contribution in [2.24, 2.45) is 0 Å². The molecule has 0 aliphatic carbocycles. The van der Waals surface area contributed by atoms with Crippen molar-refractivity contribution in [3.63, 3.8) is 0 Å². The lowest BCUT2D eigenvalue weighted by Crippen LogP contribution is -2.45. The lowest BCUT2D eigenvalue weighted by Gasteiger charge is -2.40. The Labute approximate surface area is 117 Å². The molecule has 0 bridgehead atoms. The highest BCUT2D eigenvalue weighted by atomic mass is 28.2. The standard InChI is InChI=1S/C15H34O2Si/c1-5-8-11-14(16-4)15(17-18,12-9-6-2)13-10-7-3/h14H,5-13H2,1-4,18H3. The van der Waals surface area contributed by atoms with Crippen LogP contribution in [0.15, 0.2) is 0 Å². The molecular weight excluding hydrogens is 240 g/mol. The van der Waals surface area contributed by atoms with Gasteiger partial charge in [-0.15, -0.1) is 0 Å². The predicted octanol–water partition coefficient (Wildman–Crippen LogP) is 3.61. The Morgan fingerprint density at radius 2 is 1.44 bits per heavy atom. The quantitative estimate of drug-likeness (QED) is 0.506. The molecule has 0 aromatic rings. The van der Waals surface area contributed by atoms with Crippen LogP contribution in [-0.4, -0.2) is 29.3 Å². The van der Waals surface area contributed by atoms with Crippen LogP contribution in [-0.2, 0) is 9.16 Å². The molecule has 0 fully saturated rings. The Kier molecular flexibility index (Phi) is 11.1. The maximum absolute atomic E-state index is 6.11. The molecule has 1 unspecified atom stereocenters. The second-order valence-corrected chi connectivity index (χ2v) is 5.75. The highest BCUT2D eigenvalue weighted by Gasteiger charge is 2.37. The van der Waals surface area contributed by atoms with Gasteiger partial charge in [0.1, 0.15) is 10.5 Å². The molecule has 0 aromatic heterocycles. The fraction of sp³-hybridized carbons (Fsp3) is 1.00. The summed E-state index contributed by atoms with van der Waals surface area (Å²) in [6.45, 7) is 6.76. The number of unbranched alkanes of at least 4 members (excludes halogenated alkanes) is 3. The average molecular weight is 275 g/mol. The first-order chi connectivity index (χ1) is 8.70. The van der Waals surface area contributed by atoms with Gasteiger partial charge in [0.15, 0.2) is 0 Å². The van der Waals surface area contributed by atoms with Crippen LogP contribution >= 0.6 is 0 Å². The summed E-state index contributed by atoms with van der Waals surface area (Å²) in [6, 6.07) is 0. The Balaban J connectivity index is 4.72. The molecule has 0 heterocycles. The van der Waals surface area contributed by atoms with Gasteiger partial charge in [-0.25, -0.2) is 0 Å². The van der Waals surface area contributed by atoms with Crippen molar-refractivity contribution < 1.29 is 9.16 Å². The molecule has 0 saturated carbocycles. The SMILES string of the molecule is CCCCC(OC)C(CCCC)(CCCC)O[SiH3]. The highest BCUT2D eigenvalue weighted by Crippen LogP contribution is 2.33. The van der Waals surface area contributed by atoms with E-state index in [9.17, 15) is 0 Å². The van der Waals surface area contributed by atoms with E-state index in [1.54, 1.807) is 0 Å². The van der Waals surface area contributed by atoms with Crippen LogP contribution in [0.5, 0.6) is 0 Å². The van der Waals surface area contributed by atoms with Crippen molar-refractivity contribution in [1.82, 2.24) is 0 Å². The van der Waals surface area contributed by atoms with Gasteiger partial charge in [0.25, 0.3) is 0 Å². The summed E-state index contributed by atoms with van der Waals surface area (Å²) in [4.78, 5) is 0. The highest BCUT2D eigenvalue weighted by molar-refractivity contribution is 5.98. The minimum atomic E-state index is 0.00215. The van der Waals surface area contributed by atoms with E-state index >= 15 is 0 Å². The predicted molar refractivity (Wildman–Crippen MR) is 83.1 cm³/mol. The minimum Gasteiger partial charge on any atom is -0.420 e. The van der Waals surface area contributed by atoms with Gasteiger partial charge in [0.05, 0.1) is 11.7 Å². The topological polar surface area (TPSA) is 18.5 Å². The Hall–Kier alpha value is 0.137. The van der Waals surface area contributed by atoms with E-state index in [0.29, 0.717) is 0 Å². The molecule has 110 valence electrons. The van der Waals surface area contributed by atoms with E-state index in [2.05, 4.69) is 20.8 Å². The van der Waals surface area contributed by atoms with Crippen LogP contribution in [0.25, 0.3) is 0 Å². The molecule has 0 amide bonds. The van der Waals surface area contributed by atoms with Crippen molar-refractivity contribution in [1.29, 1.82) is 0 Å². The summed E-state index contributed by atoms with van der Waals surface area (Å²) >= 11 is 0. The number of methoxy groups -OCH3 is 1. The minimum absolute atomic E-state index is 0.00215. The molecule has 0 saturated heterocycles. The van der Waals surface area contributed by atoms with E-state index in [0.717, 1.165) is 29.7 Å². The molecule has 2 nitrogen and oxygen atoms in total. The summed E-state index contributed by atoms with van der Waals surface area (Å²) < 4.78 is 11.9. The van der Waals surface area contributed by atoms with Crippen molar-refractivity contribution in [2.75, 3.05) is 7.11 Å². The van der Waals surface area contributed by atoms with E-state index in [-0.39, 0.29) is 11.7 Å². The van der Waals surface area contributed by atoms with Gasteiger partial charge < -0.3 is 9.16 Å². The van der Waals surface area contributed by atoms with Gasteiger partial charge in [-0.1, -0.05) is 59.3 Å². The molecule has 1 atom stereocenters. The monoisotopic (exact) mass is 274 g/mol. The Bertz CT molecular complexity index is 177. The zero-order valence-corrected chi connectivity index (χ0v) is 15.3. The molecule has 0 N–H and O–H groups in total. The van der Waals surface area contributed by atoms with E-state index in [4.69, 9.17) is 9.16 Å². The summed E-state index contributed by atoms with van der Waals surface area (Å²) in [5.74, 6) is 0. The number of hydrogen-bond donors (Lipinski definition) is 0. The van der Waals surface area contributed by atoms with E-state index in [1.807, 2.05) is 7.11 Å². The Morgan fingerprint density at radius 3 is 1.78 bits per heavy atom. The normalized spacial score (nSPS) is 14.0. The average Bonchev–Trinajstić information content (AvgIpc) is 2.41. The molecule has 0 spiro atoms. The molecule has 0 aliphatic rings. The summed E-state index contributed by atoms with van der Waals surface area (Å²) in [5, 5.41) is 0. The lowest BCUT2D eigenvalue weighted by molar-refractivity contribution is -0.0881. The number of rotatable bonds is 12. The van der Waals surface area contributed by atoms with Gasteiger partial charge in [-0.3, -0.25) is 0 Å². The third kappa shape index (κ3) is 5.85. The van der Waals surface area contributed by atoms with E-state index < -0.39 is 0 Å². The zero-order chi connectivity index (χ0) is 13.9. The molecular formula is C15H34O2Si. The smallest absolute Gasteiger partial charge is 0.146 e. The van der Waals surface area contributed by atoms with Gasteiger partial charge in [0, 0.05) is 7.11 Å². The fourth-order valence-electron chi connectivity index (χ4n) is 2.72. The lowest BCUT2D eigenvalue weighted by atomic mass is 9.83. The van der Waals surface area contributed by atoms with Crippen molar-refractivity contribution in [2.45, 2.75) is 90.3 Å². The maximum Gasteiger partial charge on any atom is 0.146 e. The Morgan fingerprint density at radius 1 is 0.944 bits per heavy atom. The first-order valence-corrected chi connectivity index (χ1v) is 8.60. The van der Waals surface area contributed by atoms with E-state index in [1.165, 1.54) is 38.5 Å². The second-order valence-electron chi connectivity index (χ2n) is 5.34.